The maximum atomic E-state index is 13.2. The number of pyridine rings is 1. The predicted octanol–water partition coefficient (Wildman–Crippen LogP) is 8.86. The number of nitrogens with zero attached hydrogens (tertiary/aromatic N) is 4. The zero-order valence-corrected chi connectivity index (χ0v) is 27.5. The molecule has 3 aromatic carbocycles. The number of hydrogen-bond donors (Lipinski definition) is 1. The summed E-state index contributed by atoms with van der Waals surface area (Å²) in [7, 11) is 0. The minimum absolute atomic E-state index is 0. The molecule has 1 saturated carbocycles. The van der Waals surface area contributed by atoms with Crippen molar-refractivity contribution >= 4 is 47.0 Å². The molecule has 1 N–H and O–H groups in total. The highest BCUT2D eigenvalue weighted by Gasteiger charge is 2.24. The number of carbonyl (C=O) groups is 2. The van der Waals surface area contributed by atoms with Gasteiger partial charge in [0.25, 0.3) is 5.91 Å². The molecular weight excluding hydrogens is 635 g/mol. The number of imidazole rings is 1. The molecule has 3 heterocycles. The Bertz CT molecular complexity index is 1890. The summed E-state index contributed by atoms with van der Waals surface area (Å²) >= 11 is 6.16. The van der Waals surface area contributed by atoms with Crippen LogP contribution in [0.3, 0.4) is 0 Å². The van der Waals surface area contributed by atoms with Crippen molar-refractivity contribution in [3.63, 3.8) is 0 Å². The highest BCUT2D eigenvalue weighted by Crippen LogP contribution is 2.36. The van der Waals surface area contributed by atoms with Crippen LogP contribution >= 0.6 is 24.0 Å². The third-order valence-corrected chi connectivity index (χ3v) is 9.38. The van der Waals surface area contributed by atoms with E-state index in [1.807, 2.05) is 71.6 Å². The molecule has 47 heavy (non-hydrogen) atoms. The van der Waals surface area contributed by atoms with Gasteiger partial charge in [-0.25, -0.2) is 14.8 Å². The summed E-state index contributed by atoms with van der Waals surface area (Å²) in [5, 5.41) is 10.2. The van der Waals surface area contributed by atoms with Gasteiger partial charge in [-0.15, -0.1) is 12.4 Å². The van der Waals surface area contributed by atoms with Crippen molar-refractivity contribution in [3.05, 3.63) is 101 Å². The molecule has 1 aliphatic carbocycles. The van der Waals surface area contributed by atoms with Gasteiger partial charge in [0, 0.05) is 41.5 Å². The topological polar surface area (TPSA) is 97.5 Å². The summed E-state index contributed by atoms with van der Waals surface area (Å²) in [5.74, 6) is 0.502. The fourth-order valence-corrected chi connectivity index (χ4v) is 6.84. The Hall–Kier alpha value is -4.40. The lowest BCUT2D eigenvalue weighted by molar-refractivity contribution is 0.0695. The first-order valence-corrected chi connectivity index (χ1v) is 16.3. The Labute approximate surface area is 284 Å². The van der Waals surface area contributed by atoms with E-state index < -0.39 is 5.97 Å². The van der Waals surface area contributed by atoms with Crippen LogP contribution in [0.25, 0.3) is 33.7 Å². The summed E-state index contributed by atoms with van der Waals surface area (Å²) in [6.45, 7) is 1.86. The number of benzene rings is 3. The number of carboxylic acids is 1. The molecule has 1 amide bonds. The number of likely N-dealkylation sites (tertiary alicyclic amines) is 1. The fraction of sp³-hybridized carbons (Fsp3) is 0.297. The van der Waals surface area contributed by atoms with Crippen molar-refractivity contribution in [2.24, 2.45) is 0 Å². The molecule has 0 unspecified atom stereocenters. The van der Waals surface area contributed by atoms with Crippen LogP contribution in [0, 0.1) is 0 Å². The number of aromatic carboxylic acids is 1. The van der Waals surface area contributed by atoms with E-state index in [0.29, 0.717) is 27.5 Å². The second-order valence-corrected chi connectivity index (χ2v) is 12.6. The highest BCUT2D eigenvalue weighted by atomic mass is 35.5. The Morgan fingerprint density at radius 3 is 2.26 bits per heavy atom. The minimum atomic E-state index is -1.02. The molecule has 0 bridgehead atoms. The number of halogens is 2. The predicted molar refractivity (Wildman–Crippen MR) is 186 cm³/mol. The highest BCUT2D eigenvalue weighted by molar-refractivity contribution is 6.30. The van der Waals surface area contributed by atoms with Gasteiger partial charge in [0.15, 0.2) is 5.65 Å². The van der Waals surface area contributed by atoms with Crippen LogP contribution in [0.5, 0.6) is 5.75 Å². The van der Waals surface area contributed by atoms with Crippen molar-refractivity contribution < 1.29 is 19.4 Å². The van der Waals surface area contributed by atoms with E-state index in [2.05, 4.69) is 9.55 Å². The van der Waals surface area contributed by atoms with Crippen LogP contribution in [0.15, 0.2) is 79.0 Å². The number of carboxylic acid groups (broad SMARTS) is 1. The second kappa shape index (κ2) is 14.2. The molecular formula is C37H36Cl2N4O4. The third kappa shape index (κ3) is 6.85. The van der Waals surface area contributed by atoms with Crippen molar-refractivity contribution in [2.75, 3.05) is 13.1 Å². The zero-order chi connectivity index (χ0) is 31.6. The van der Waals surface area contributed by atoms with E-state index in [9.17, 15) is 14.7 Å². The van der Waals surface area contributed by atoms with Gasteiger partial charge in [0.05, 0.1) is 5.56 Å². The number of rotatable bonds is 8. The van der Waals surface area contributed by atoms with E-state index in [-0.39, 0.29) is 36.5 Å². The van der Waals surface area contributed by atoms with E-state index in [1.54, 1.807) is 6.07 Å². The molecule has 1 aliphatic heterocycles. The number of aromatic nitrogens is 3. The van der Waals surface area contributed by atoms with Gasteiger partial charge in [-0.05, 0) is 97.0 Å². The quantitative estimate of drug-likeness (QED) is 0.177. The Morgan fingerprint density at radius 2 is 1.55 bits per heavy atom. The average Bonchev–Trinajstić information content (AvgIpc) is 3.77. The number of carbonyl (C=O) groups excluding carboxylic acids is 1. The van der Waals surface area contributed by atoms with Crippen molar-refractivity contribution in [2.45, 2.75) is 57.6 Å². The van der Waals surface area contributed by atoms with E-state index in [4.69, 9.17) is 21.3 Å². The first-order chi connectivity index (χ1) is 22.4. The third-order valence-electron chi connectivity index (χ3n) is 9.12. The molecule has 0 spiro atoms. The van der Waals surface area contributed by atoms with E-state index in [0.717, 1.165) is 79.7 Å². The normalized spacial score (nSPS) is 15.0. The standard InChI is InChI=1S/C37H35ClN4O4.ClH/c38-29-13-8-24(9-14-29)32-17-12-26(36(43)41-18-4-5-19-41)20-28(32)23-46-31-15-10-25(11-16-31)34-40-33-21-27(37(44)45)22-39-35(33)42(34)30-6-2-1-3-7-30;/h8-17,20-22,30H,1-7,18-19,23H2,(H,44,45);1H. The fourth-order valence-electron chi connectivity index (χ4n) is 6.71. The van der Waals surface area contributed by atoms with Gasteiger partial charge in [0.1, 0.15) is 23.7 Å². The summed E-state index contributed by atoms with van der Waals surface area (Å²) in [6.07, 6.45) is 9.08. The maximum absolute atomic E-state index is 13.2. The summed E-state index contributed by atoms with van der Waals surface area (Å²) in [4.78, 5) is 36.2. The van der Waals surface area contributed by atoms with Crippen LogP contribution in [0.4, 0.5) is 0 Å². The number of amides is 1. The number of ether oxygens (including phenoxy) is 1. The molecule has 1 saturated heterocycles. The molecule has 0 atom stereocenters. The summed E-state index contributed by atoms with van der Waals surface area (Å²) < 4.78 is 8.51. The summed E-state index contributed by atoms with van der Waals surface area (Å²) in [6, 6.07) is 23.2. The van der Waals surface area contributed by atoms with Gasteiger partial charge in [-0.3, -0.25) is 4.79 Å². The minimum Gasteiger partial charge on any atom is -0.489 e. The molecule has 0 radical (unpaired) electrons. The Balaban J connectivity index is 0.00000386. The molecule has 5 aromatic rings. The van der Waals surface area contributed by atoms with E-state index >= 15 is 0 Å². The van der Waals surface area contributed by atoms with Gasteiger partial charge in [-0.1, -0.05) is 49.1 Å². The summed E-state index contributed by atoms with van der Waals surface area (Å²) in [5.41, 5.74) is 5.89. The molecule has 2 aromatic heterocycles. The maximum Gasteiger partial charge on any atom is 0.337 e. The molecule has 242 valence electrons. The zero-order valence-electron chi connectivity index (χ0n) is 25.9. The largest absolute Gasteiger partial charge is 0.489 e. The molecule has 8 nitrogen and oxygen atoms in total. The van der Waals surface area contributed by atoms with E-state index in [1.165, 1.54) is 12.6 Å². The lowest BCUT2D eigenvalue weighted by Crippen LogP contribution is -2.27. The Kier molecular flexibility index (Phi) is 9.80. The molecule has 2 aliphatic rings. The smallest absolute Gasteiger partial charge is 0.337 e. The SMILES string of the molecule is Cl.O=C(O)c1cnc2c(c1)nc(-c1ccc(OCc3cc(C(=O)N4CCCC4)ccc3-c3ccc(Cl)cc3)cc1)n2C1CCCCC1. The van der Waals surface area contributed by atoms with Gasteiger partial charge >= 0.3 is 5.97 Å². The first kappa shape index (κ1) is 32.5. The van der Waals surface area contributed by atoms with Crippen LogP contribution in [0.1, 0.15) is 77.3 Å². The van der Waals surface area contributed by atoms with Crippen molar-refractivity contribution in [1.82, 2.24) is 19.4 Å². The lowest BCUT2D eigenvalue weighted by Gasteiger charge is -2.25. The van der Waals surface area contributed by atoms with Crippen LogP contribution < -0.4 is 4.74 Å². The van der Waals surface area contributed by atoms with Crippen molar-refractivity contribution in [3.8, 4) is 28.3 Å². The lowest BCUT2D eigenvalue weighted by atomic mass is 9.95. The Morgan fingerprint density at radius 1 is 0.851 bits per heavy atom. The van der Waals surface area contributed by atoms with Crippen LogP contribution in [-0.2, 0) is 6.61 Å². The number of hydrogen-bond acceptors (Lipinski definition) is 5. The molecule has 2 fully saturated rings. The van der Waals surface area contributed by atoms with Gasteiger partial charge in [0.2, 0.25) is 0 Å². The average molecular weight is 672 g/mol. The van der Waals surface area contributed by atoms with Crippen LogP contribution in [0.2, 0.25) is 5.02 Å². The van der Waals surface area contributed by atoms with Gasteiger partial charge < -0.3 is 19.3 Å². The number of fused-ring (bicyclic) bond motifs is 1. The second-order valence-electron chi connectivity index (χ2n) is 12.2. The van der Waals surface area contributed by atoms with Crippen LogP contribution in [-0.4, -0.2) is 49.5 Å². The van der Waals surface area contributed by atoms with Gasteiger partial charge in [-0.2, -0.15) is 0 Å². The molecule has 10 heteroatoms. The monoisotopic (exact) mass is 670 g/mol. The van der Waals surface area contributed by atoms with Crippen molar-refractivity contribution in [1.29, 1.82) is 0 Å². The molecule has 7 rings (SSSR count). The first-order valence-electron chi connectivity index (χ1n) is 16.0.